The van der Waals surface area contributed by atoms with Crippen LogP contribution in [-0.4, -0.2) is 35.7 Å². The van der Waals surface area contributed by atoms with Crippen LogP contribution in [-0.2, 0) is 4.74 Å². The molecule has 1 aromatic rings. The Balaban J connectivity index is 1.97. The van der Waals surface area contributed by atoms with Crippen LogP contribution in [0.1, 0.15) is 32.8 Å². The Labute approximate surface area is 129 Å². The Kier molecular flexibility index (Phi) is 4.55. The predicted molar refractivity (Wildman–Crippen MR) is 80.9 cm³/mol. The van der Waals surface area contributed by atoms with Crippen molar-refractivity contribution >= 4 is 11.8 Å². The lowest BCUT2D eigenvalue weighted by atomic mass is 10.1. The maximum absolute atomic E-state index is 13.1. The summed E-state index contributed by atoms with van der Waals surface area (Å²) in [6.07, 6.45) is 0.415. The summed E-state index contributed by atoms with van der Waals surface area (Å²) in [5.41, 5.74) is 0.323. The van der Waals surface area contributed by atoms with Gasteiger partial charge in [-0.25, -0.2) is 9.18 Å². The monoisotopic (exact) mass is 305 g/mol. The Morgan fingerprint density at radius 2 is 2.23 bits per heavy atom. The third-order valence-corrected chi connectivity index (χ3v) is 3.30. The van der Waals surface area contributed by atoms with E-state index in [1.54, 1.807) is 11.0 Å². The summed E-state index contributed by atoms with van der Waals surface area (Å²) in [5.74, 6) is -0.441. The zero-order valence-electron chi connectivity index (χ0n) is 13.0. The van der Waals surface area contributed by atoms with Crippen molar-refractivity contribution in [2.45, 2.75) is 38.8 Å². The standard InChI is InChI=1S/C16H20FN3O2/c1-16(2,3)22-15(21)20-7-6-13(10-20)19-14-5-4-12(17)8-11(14)9-18/h4-5,8,13,19H,6-7,10H2,1-3H3/t13-/m1/s1. The lowest BCUT2D eigenvalue weighted by molar-refractivity contribution is 0.0293. The molecule has 0 unspecified atom stereocenters. The van der Waals surface area contributed by atoms with Crippen LogP contribution in [0.3, 0.4) is 0 Å². The van der Waals surface area contributed by atoms with Crippen molar-refractivity contribution in [3.05, 3.63) is 29.6 Å². The van der Waals surface area contributed by atoms with Crippen molar-refractivity contribution in [2.75, 3.05) is 18.4 Å². The first-order chi connectivity index (χ1) is 10.3. The molecule has 1 fully saturated rings. The van der Waals surface area contributed by atoms with Crippen molar-refractivity contribution in [2.24, 2.45) is 0 Å². The number of nitrogens with zero attached hydrogens (tertiary/aromatic N) is 2. The topological polar surface area (TPSA) is 65.4 Å². The summed E-state index contributed by atoms with van der Waals surface area (Å²) in [7, 11) is 0. The highest BCUT2D eigenvalue weighted by atomic mass is 19.1. The zero-order valence-corrected chi connectivity index (χ0v) is 13.0. The van der Waals surface area contributed by atoms with Crippen LogP contribution in [0.2, 0.25) is 0 Å². The summed E-state index contributed by atoms with van der Waals surface area (Å²) in [5, 5.41) is 12.2. The van der Waals surface area contributed by atoms with E-state index in [0.29, 0.717) is 18.8 Å². The van der Waals surface area contributed by atoms with E-state index in [0.717, 1.165) is 6.42 Å². The van der Waals surface area contributed by atoms with Gasteiger partial charge in [0.15, 0.2) is 0 Å². The number of likely N-dealkylation sites (tertiary alicyclic amines) is 1. The molecule has 1 amide bonds. The number of hydrogen-bond acceptors (Lipinski definition) is 4. The minimum Gasteiger partial charge on any atom is -0.444 e. The van der Waals surface area contributed by atoms with Crippen LogP contribution in [0.4, 0.5) is 14.9 Å². The van der Waals surface area contributed by atoms with Crippen LogP contribution in [0.15, 0.2) is 18.2 Å². The van der Waals surface area contributed by atoms with Gasteiger partial charge >= 0.3 is 6.09 Å². The van der Waals surface area contributed by atoms with Gasteiger partial charge < -0.3 is 15.0 Å². The summed E-state index contributed by atoms with van der Waals surface area (Å²) >= 11 is 0. The van der Waals surface area contributed by atoms with Crippen molar-refractivity contribution in [1.29, 1.82) is 5.26 Å². The summed E-state index contributed by atoms with van der Waals surface area (Å²) < 4.78 is 18.5. The first-order valence-electron chi connectivity index (χ1n) is 7.22. The molecule has 1 atom stereocenters. The lowest BCUT2D eigenvalue weighted by Gasteiger charge is -2.24. The maximum atomic E-state index is 13.1. The van der Waals surface area contributed by atoms with Crippen LogP contribution >= 0.6 is 0 Å². The minimum absolute atomic E-state index is 0.0186. The van der Waals surface area contributed by atoms with Crippen molar-refractivity contribution in [1.82, 2.24) is 4.90 Å². The normalized spacial score (nSPS) is 18.0. The van der Waals surface area contributed by atoms with E-state index in [2.05, 4.69) is 5.32 Å². The van der Waals surface area contributed by atoms with Crippen molar-refractivity contribution < 1.29 is 13.9 Å². The third-order valence-electron chi connectivity index (χ3n) is 3.30. The molecule has 118 valence electrons. The molecule has 0 radical (unpaired) electrons. The molecule has 1 heterocycles. The number of carbonyl (C=O) groups excluding carboxylic acids is 1. The Bertz CT molecular complexity index is 604. The number of amides is 1. The molecule has 1 aliphatic heterocycles. The summed E-state index contributed by atoms with van der Waals surface area (Å²) in [6, 6.07) is 6.04. The average Bonchev–Trinajstić information content (AvgIpc) is 2.87. The molecule has 1 aliphatic rings. The molecule has 6 heteroatoms. The van der Waals surface area contributed by atoms with E-state index in [9.17, 15) is 9.18 Å². The minimum atomic E-state index is -0.520. The molecular weight excluding hydrogens is 285 g/mol. The molecule has 0 aromatic heterocycles. The van der Waals surface area contributed by atoms with Gasteiger partial charge in [0.05, 0.1) is 11.3 Å². The molecule has 22 heavy (non-hydrogen) atoms. The second kappa shape index (κ2) is 6.22. The largest absolute Gasteiger partial charge is 0.444 e. The number of nitrogens with one attached hydrogen (secondary N) is 1. The fraction of sp³-hybridized carbons (Fsp3) is 0.500. The molecule has 0 bridgehead atoms. The summed E-state index contributed by atoms with van der Waals surface area (Å²) in [4.78, 5) is 13.6. The Hall–Kier alpha value is -2.29. The highest BCUT2D eigenvalue weighted by molar-refractivity contribution is 5.69. The fourth-order valence-corrected chi connectivity index (χ4v) is 2.33. The molecule has 0 aliphatic carbocycles. The van der Waals surface area contributed by atoms with Gasteiger partial charge in [0.25, 0.3) is 0 Å². The first-order valence-corrected chi connectivity index (χ1v) is 7.22. The molecule has 0 spiro atoms. The lowest BCUT2D eigenvalue weighted by Crippen LogP contribution is -2.36. The molecule has 1 aromatic carbocycles. The highest BCUT2D eigenvalue weighted by Gasteiger charge is 2.29. The SMILES string of the molecule is CC(C)(C)OC(=O)N1CC[C@@H](Nc2ccc(F)cc2C#N)C1. The number of anilines is 1. The molecule has 1 N–H and O–H groups in total. The second-order valence-electron chi connectivity index (χ2n) is 6.36. The van der Waals surface area contributed by atoms with Crippen molar-refractivity contribution in [3.63, 3.8) is 0 Å². The second-order valence-corrected chi connectivity index (χ2v) is 6.36. The number of ether oxygens (including phenoxy) is 1. The van der Waals surface area contributed by atoms with Crippen LogP contribution in [0.25, 0.3) is 0 Å². The number of rotatable bonds is 2. The summed E-state index contributed by atoms with van der Waals surface area (Å²) in [6.45, 7) is 6.57. The van der Waals surface area contributed by atoms with Crippen LogP contribution in [0.5, 0.6) is 0 Å². The fourth-order valence-electron chi connectivity index (χ4n) is 2.33. The van der Waals surface area contributed by atoms with E-state index < -0.39 is 11.4 Å². The van der Waals surface area contributed by atoms with Gasteiger partial charge in [0.1, 0.15) is 17.5 Å². The van der Waals surface area contributed by atoms with E-state index in [4.69, 9.17) is 10.00 Å². The molecule has 0 saturated carbocycles. The predicted octanol–water partition coefficient (Wildman–Crippen LogP) is 3.12. The smallest absolute Gasteiger partial charge is 0.410 e. The van der Waals surface area contributed by atoms with Crippen LogP contribution in [0, 0.1) is 17.1 Å². The number of benzene rings is 1. The van der Waals surface area contributed by atoms with E-state index >= 15 is 0 Å². The number of nitriles is 1. The third kappa shape index (κ3) is 4.10. The van der Waals surface area contributed by atoms with Gasteiger partial charge in [-0.05, 0) is 45.4 Å². The molecule has 1 saturated heterocycles. The van der Waals surface area contributed by atoms with Gasteiger partial charge in [-0.1, -0.05) is 0 Å². The van der Waals surface area contributed by atoms with E-state index in [-0.39, 0.29) is 17.7 Å². The first kappa shape index (κ1) is 16.1. The number of halogens is 1. The van der Waals surface area contributed by atoms with Gasteiger partial charge in [0.2, 0.25) is 0 Å². The number of hydrogen-bond donors (Lipinski definition) is 1. The van der Waals surface area contributed by atoms with Crippen molar-refractivity contribution in [3.8, 4) is 6.07 Å². The van der Waals surface area contributed by atoms with Gasteiger partial charge in [0, 0.05) is 19.1 Å². The average molecular weight is 305 g/mol. The molecule has 5 nitrogen and oxygen atoms in total. The number of carbonyl (C=O) groups is 1. The zero-order chi connectivity index (χ0) is 16.3. The van der Waals surface area contributed by atoms with Gasteiger partial charge in [-0.2, -0.15) is 5.26 Å². The van der Waals surface area contributed by atoms with E-state index in [1.165, 1.54) is 12.1 Å². The van der Waals surface area contributed by atoms with E-state index in [1.807, 2.05) is 26.8 Å². The molecular formula is C16H20FN3O2. The van der Waals surface area contributed by atoms with Crippen LogP contribution < -0.4 is 5.32 Å². The Morgan fingerprint density at radius 3 is 2.86 bits per heavy atom. The highest BCUT2D eigenvalue weighted by Crippen LogP contribution is 2.21. The van der Waals surface area contributed by atoms with Gasteiger partial charge in [-0.3, -0.25) is 0 Å². The quantitative estimate of drug-likeness (QED) is 0.911. The maximum Gasteiger partial charge on any atom is 0.410 e. The molecule has 2 rings (SSSR count). The Morgan fingerprint density at radius 1 is 1.50 bits per heavy atom. The van der Waals surface area contributed by atoms with Gasteiger partial charge in [-0.15, -0.1) is 0 Å².